The second-order valence-electron chi connectivity index (χ2n) is 6.80. The summed E-state index contributed by atoms with van der Waals surface area (Å²) in [7, 11) is 0. The van der Waals surface area contributed by atoms with Crippen molar-refractivity contribution in [1.29, 1.82) is 0 Å². The largest absolute Gasteiger partial charge is 0.449 e. The molecule has 0 aromatic heterocycles. The van der Waals surface area contributed by atoms with Gasteiger partial charge in [-0.3, -0.25) is 9.69 Å². The number of hydrogen-bond donors (Lipinski definition) is 1. The maximum Gasteiger partial charge on any atom is 0.409 e. The van der Waals surface area contributed by atoms with Crippen molar-refractivity contribution in [1.82, 2.24) is 15.1 Å². The smallest absolute Gasteiger partial charge is 0.409 e. The van der Waals surface area contributed by atoms with Crippen molar-refractivity contribution in [3.63, 3.8) is 0 Å². The number of ether oxygens (including phenoxy) is 1. The van der Waals surface area contributed by atoms with E-state index in [1.807, 2.05) is 0 Å². The van der Waals surface area contributed by atoms with E-state index in [1.165, 1.54) is 18.6 Å². The quantitative estimate of drug-likeness (QED) is 0.843. The zero-order valence-corrected chi connectivity index (χ0v) is 15.0. The fourth-order valence-corrected chi connectivity index (χ4v) is 3.56. The molecule has 2 saturated heterocycles. The summed E-state index contributed by atoms with van der Waals surface area (Å²) < 4.78 is 18.3. The van der Waals surface area contributed by atoms with Gasteiger partial charge in [0.15, 0.2) is 0 Å². The number of amides is 2. The first-order valence-electron chi connectivity index (χ1n) is 9.34. The minimum atomic E-state index is -0.427. The van der Waals surface area contributed by atoms with Crippen LogP contribution in [0.25, 0.3) is 0 Å². The molecule has 7 heteroatoms. The summed E-state index contributed by atoms with van der Waals surface area (Å²) in [5, 5.41) is 2.94. The highest BCUT2D eigenvalue weighted by Gasteiger charge is 2.29. The van der Waals surface area contributed by atoms with Crippen molar-refractivity contribution in [3.8, 4) is 0 Å². The summed E-state index contributed by atoms with van der Waals surface area (Å²) in [6.45, 7) is 3.63. The van der Waals surface area contributed by atoms with Crippen molar-refractivity contribution >= 4 is 12.0 Å². The van der Waals surface area contributed by atoms with Gasteiger partial charge >= 0.3 is 6.09 Å². The molecule has 1 aromatic rings. The number of benzene rings is 1. The molecule has 1 unspecified atom stereocenters. The number of piperidine rings is 1. The Morgan fingerprint density at radius 1 is 1.12 bits per heavy atom. The molecule has 0 aliphatic carbocycles. The fraction of sp³-hybridized carbons (Fsp3) is 0.579. The molecule has 0 bridgehead atoms. The number of carbonyl (C=O) groups excluding carboxylic acids is 2. The number of nitrogens with zero attached hydrogens (tertiary/aromatic N) is 2. The molecule has 142 valence electrons. The van der Waals surface area contributed by atoms with Crippen LogP contribution in [0.4, 0.5) is 9.18 Å². The Hall–Kier alpha value is -2.15. The molecule has 2 amide bonds. The van der Waals surface area contributed by atoms with E-state index < -0.39 is 6.04 Å². The number of halogens is 1. The van der Waals surface area contributed by atoms with Crippen LogP contribution in [0.2, 0.25) is 0 Å². The molecule has 2 aliphatic rings. The van der Waals surface area contributed by atoms with E-state index in [9.17, 15) is 14.0 Å². The van der Waals surface area contributed by atoms with Crippen LogP contribution in [0.1, 0.15) is 37.3 Å². The summed E-state index contributed by atoms with van der Waals surface area (Å²) in [6, 6.07) is 5.71. The third-order valence-corrected chi connectivity index (χ3v) is 4.93. The Labute approximate surface area is 153 Å². The standard InChI is InChI=1S/C19H26FN3O3/c20-16-7-5-15(6-8-16)17(22-10-2-1-3-11-22)18(24)21-9-13-23-12-4-14-26-19(23)25/h5-8,17H,1-4,9-14H2,(H,21,24). The number of hydrogen-bond acceptors (Lipinski definition) is 4. The van der Waals surface area contributed by atoms with Crippen LogP contribution in [0.5, 0.6) is 0 Å². The molecule has 0 radical (unpaired) electrons. The van der Waals surface area contributed by atoms with E-state index in [1.54, 1.807) is 17.0 Å². The van der Waals surface area contributed by atoms with E-state index in [4.69, 9.17) is 4.74 Å². The summed E-state index contributed by atoms with van der Waals surface area (Å²) in [4.78, 5) is 28.3. The highest BCUT2D eigenvalue weighted by Crippen LogP contribution is 2.25. The lowest BCUT2D eigenvalue weighted by Crippen LogP contribution is -2.46. The lowest BCUT2D eigenvalue weighted by molar-refractivity contribution is -0.127. The average Bonchev–Trinajstić information content (AvgIpc) is 2.66. The maximum absolute atomic E-state index is 13.3. The van der Waals surface area contributed by atoms with Crippen LogP contribution in [-0.4, -0.2) is 61.1 Å². The summed E-state index contributed by atoms with van der Waals surface area (Å²) in [6.07, 6.45) is 3.78. The van der Waals surface area contributed by atoms with E-state index >= 15 is 0 Å². The lowest BCUT2D eigenvalue weighted by Gasteiger charge is -2.34. The number of carbonyl (C=O) groups is 2. The maximum atomic E-state index is 13.3. The molecule has 26 heavy (non-hydrogen) atoms. The minimum Gasteiger partial charge on any atom is -0.449 e. The van der Waals surface area contributed by atoms with Crippen molar-refractivity contribution in [2.75, 3.05) is 39.3 Å². The van der Waals surface area contributed by atoms with Gasteiger partial charge in [0.05, 0.1) is 6.61 Å². The van der Waals surface area contributed by atoms with Gasteiger partial charge in [-0.1, -0.05) is 18.6 Å². The Kier molecular flexibility index (Phi) is 6.44. The van der Waals surface area contributed by atoms with Crippen molar-refractivity contribution < 1.29 is 18.7 Å². The number of cyclic esters (lactones) is 1. The topological polar surface area (TPSA) is 61.9 Å². The predicted molar refractivity (Wildman–Crippen MR) is 95.1 cm³/mol. The Morgan fingerprint density at radius 3 is 2.54 bits per heavy atom. The molecular formula is C19H26FN3O3. The molecule has 3 rings (SSSR count). The van der Waals surface area contributed by atoms with Gasteiger partial charge in [-0.05, 0) is 50.0 Å². The fourth-order valence-electron chi connectivity index (χ4n) is 3.56. The third kappa shape index (κ3) is 4.72. The highest BCUT2D eigenvalue weighted by molar-refractivity contribution is 5.83. The van der Waals surface area contributed by atoms with Gasteiger partial charge < -0.3 is 15.0 Å². The lowest BCUT2D eigenvalue weighted by atomic mass is 10.0. The van der Waals surface area contributed by atoms with Gasteiger partial charge in [-0.2, -0.15) is 0 Å². The van der Waals surface area contributed by atoms with Crippen molar-refractivity contribution in [2.45, 2.75) is 31.7 Å². The van der Waals surface area contributed by atoms with E-state index in [2.05, 4.69) is 10.2 Å². The number of rotatable bonds is 6. The van der Waals surface area contributed by atoms with E-state index in [-0.39, 0.29) is 17.8 Å². The zero-order chi connectivity index (χ0) is 18.4. The van der Waals surface area contributed by atoms with Crippen LogP contribution in [0.15, 0.2) is 24.3 Å². The number of likely N-dealkylation sites (tertiary alicyclic amines) is 1. The SMILES string of the molecule is O=C(NCCN1CCCOC1=O)C(c1ccc(F)cc1)N1CCCCC1. The van der Waals surface area contributed by atoms with E-state index in [0.29, 0.717) is 26.2 Å². The molecule has 1 aromatic carbocycles. The molecule has 0 saturated carbocycles. The monoisotopic (exact) mass is 363 g/mol. The first kappa shape index (κ1) is 18.6. The molecule has 2 aliphatic heterocycles. The Bertz CT molecular complexity index is 617. The molecule has 2 heterocycles. The predicted octanol–water partition coefficient (Wildman–Crippen LogP) is 2.31. The zero-order valence-electron chi connectivity index (χ0n) is 15.0. The molecule has 1 N–H and O–H groups in total. The van der Waals surface area contributed by atoms with Crippen molar-refractivity contribution in [2.24, 2.45) is 0 Å². The number of nitrogens with one attached hydrogen (secondary N) is 1. The van der Waals surface area contributed by atoms with Crippen LogP contribution < -0.4 is 5.32 Å². The normalized spacial score (nSPS) is 19.7. The molecule has 0 spiro atoms. The van der Waals surface area contributed by atoms with Gasteiger partial charge in [-0.15, -0.1) is 0 Å². The summed E-state index contributed by atoms with van der Waals surface area (Å²) in [5.41, 5.74) is 0.795. The van der Waals surface area contributed by atoms with E-state index in [0.717, 1.165) is 37.9 Å². The van der Waals surface area contributed by atoms with Gasteiger partial charge in [0.2, 0.25) is 5.91 Å². The summed E-state index contributed by atoms with van der Waals surface area (Å²) in [5.74, 6) is -0.418. The molecule has 6 nitrogen and oxygen atoms in total. The Morgan fingerprint density at radius 2 is 1.85 bits per heavy atom. The van der Waals surface area contributed by atoms with Gasteiger partial charge in [-0.25, -0.2) is 9.18 Å². The minimum absolute atomic E-state index is 0.108. The van der Waals surface area contributed by atoms with Crippen molar-refractivity contribution in [3.05, 3.63) is 35.6 Å². The molecule has 1 atom stereocenters. The third-order valence-electron chi connectivity index (χ3n) is 4.93. The first-order chi connectivity index (χ1) is 12.6. The van der Waals surface area contributed by atoms with Crippen LogP contribution in [-0.2, 0) is 9.53 Å². The average molecular weight is 363 g/mol. The Balaban J connectivity index is 1.62. The van der Waals surface area contributed by atoms with Gasteiger partial charge in [0.1, 0.15) is 11.9 Å². The second kappa shape index (κ2) is 8.98. The molecule has 2 fully saturated rings. The second-order valence-corrected chi connectivity index (χ2v) is 6.80. The summed E-state index contributed by atoms with van der Waals surface area (Å²) >= 11 is 0. The van der Waals surface area contributed by atoms with Crippen LogP contribution >= 0.6 is 0 Å². The van der Waals surface area contributed by atoms with Crippen LogP contribution in [0, 0.1) is 5.82 Å². The van der Waals surface area contributed by atoms with Gasteiger partial charge in [0, 0.05) is 19.6 Å². The van der Waals surface area contributed by atoms with Gasteiger partial charge in [0.25, 0.3) is 0 Å². The first-order valence-corrected chi connectivity index (χ1v) is 9.34. The van der Waals surface area contributed by atoms with Crippen LogP contribution in [0.3, 0.4) is 0 Å². The highest BCUT2D eigenvalue weighted by atomic mass is 19.1. The molecular weight excluding hydrogens is 337 g/mol.